The van der Waals surface area contributed by atoms with Gasteiger partial charge in [0, 0.05) is 12.7 Å². The smallest absolute Gasteiger partial charge is 0.316 e. The number of hydrogen-bond acceptors (Lipinski definition) is 5. The molecule has 1 rings (SSSR count). The van der Waals surface area contributed by atoms with Gasteiger partial charge >= 0.3 is 10.5 Å². The molecule has 0 bridgehead atoms. The van der Waals surface area contributed by atoms with Crippen LogP contribution in [-0.2, 0) is 10.5 Å². The number of hydrogen-bond donors (Lipinski definition) is 0. The third-order valence-corrected chi connectivity index (χ3v) is 2.14. The summed E-state index contributed by atoms with van der Waals surface area (Å²) in [5.41, 5.74) is 1.21. The molecule has 0 saturated heterocycles. The van der Waals surface area contributed by atoms with Crippen molar-refractivity contribution < 1.29 is 8.42 Å². The summed E-state index contributed by atoms with van der Waals surface area (Å²) in [5.74, 6) is 0. The minimum Gasteiger partial charge on any atom is -0.361 e. The average Bonchev–Trinajstić information content (AvgIpc) is 2.18. The zero-order valence-corrected chi connectivity index (χ0v) is 8.90. The minimum atomic E-state index is -2.43. The third-order valence-electron chi connectivity index (χ3n) is 1.78. The van der Waals surface area contributed by atoms with Crippen LogP contribution < -0.4 is 4.90 Å². The number of nitriles is 1. The number of benzene rings is 1. The van der Waals surface area contributed by atoms with Crippen molar-refractivity contribution in [3.63, 3.8) is 0 Å². The highest BCUT2D eigenvalue weighted by Gasteiger charge is 1.99. The van der Waals surface area contributed by atoms with Gasteiger partial charge in [0.15, 0.2) is 0 Å². The summed E-state index contributed by atoms with van der Waals surface area (Å²) in [5, 5.41) is 8.48. The van der Waals surface area contributed by atoms with Crippen LogP contribution in [0.2, 0.25) is 0 Å². The van der Waals surface area contributed by atoms with Gasteiger partial charge in [-0.2, -0.15) is 13.7 Å². The molecular weight excluding hydrogens is 214 g/mol. The first-order valence-electron chi connectivity index (χ1n) is 4.13. The molecule has 78 valence electrons. The maximum Gasteiger partial charge on any atom is 0.316 e. The van der Waals surface area contributed by atoms with Crippen LogP contribution in [0, 0.1) is 11.3 Å². The van der Waals surface area contributed by atoms with Crippen LogP contribution >= 0.6 is 0 Å². The van der Waals surface area contributed by atoms with Crippen molar-refractivity contribution in [2.45, 2.75) is 0 Å². The van der Waals surface area contributed by atoms with Crippen LogP contribution in [0.5, 0.6) is 0 Å². The van der Waals surface area contributed by atoms with E-state index < -0.39 is 10.5 Å². The Bertz CT molecular complexity index is 491. The van der Waals surface area contributed by atoms with Gasteiger partial charge in [-0.1, -0.05) is 0 Å². The second-order valence-corrected chi connectivity index (χ2v) is 3.46. The molecule has 0 radical (unpaired) electrons. The highest BCUT2D eigenvalue weighted by atomic mass is 32.2. The lowest BCUT2D eigenvalue weighted by atomic mass is 10.2. The van der Waals surface area contributed by atoms with Gasteiger partial charge in [-0.05, 0) is 24.3 Å². The van der Waals surface area contributed by atoms with Crippen molar-refractivity contribution in [1.82, 2.24) is 0 Å². The molecule has 0 atom stereocenters. The van der Waals surface area contributed by atoms with Gasteiger partial charge in [-0.3, -0.25) is 0 Å². The summed E-state index contributed by atoms with van der Waals surface area (Å²) >= 11 is 0. The van der Waals surface area contributed by atoms with E-state index in [1.54, 1.807) is 36.2 Å². The second-order valence-electron chi connectivity index (χ2n) is 2.84. The molecule has 15 heavy (non-hydrogen) atoms. The summed E-state index contributed by atoms with van der Waals surface area (Å²) in [4.78, 5) is 1.75. The van der Waals surface area contributed by atoms with Crippen molar-refractivity contribution in [2.24, 2.45) is 4.36 Å². The van der Waals surface area contributed by atoms with Gasteiger partial charge in [0.1, 0.15) is 6.54 Å². The van der Waals surface area contributed by atoms with Gasteiger partial charge in [0.05, 0.1) is 11.8 Å². The molecule has 0 unspecified atom stereocenters. The second kappa shape index (κ2) is 5.12. The van der Waals surface area contributed by atoms with Crippen LogP contribution in [0.3, 0.4) is 0 Å². The first-order chi connectivity index (χ1) is 7.13. The number of rotatable bonds is 3. The molecule has 0 aliphatic carbocycles. The summed E-state index contributed by atoms with van der Waals surface area (Å²) < 4.78 is 23.9. The normalized spacial score (nSPS) is 9.07. The maximum absolute atomic E-state index is 10.3. The fraction of sp³-hybridized carbons (Fsp3) is 0.222. The zero-order chi connectivity index (χ0) is 11.3. The van der Waals surface area contributed by atoms with Crippen molar-refractivity contribution in [1.29, 1.82) is 5.26 Å². The summed E-state index contributed by atoms with van der Waals surface area (Å²) in [6, 6.07) is 8.60. The molecule has 0 saturated carbocycles. The van der Waals surface area contributed by atoms with Crippen LogP contribution in [0.1, 0.15) is 0 Å². The highest BCUT2D eigenvalue weighted by Crippen LogP contribution is 2.18. The van der Waals surface area contributed by atoms with E-state index in [0.717, 1.165) is 5.69 Å². The fourth-order valence-corrected chi connectivity index (χ4v) is 1.35. The summed E-state index contributed by atoms with van der Waals surface area (Å²) in [6.07, 6.45) is 0. The Morgan fingerprint density at radius 3 is 2.47 bits per heavy atom. The fourth-order valence-electron chi connectivity index (χ4n) is 1.05. The van der Waals surface area contributed by atoms with E-state index in [2.05, 4.69) is 4.36 Å². The van der Waals surface area contributed by atoms with Crippen LogP contribution in [-0.4, -0.2) is 22.0 Å². The van der Waals surface area contributed by atoms with Crippen molar-refractivity contribution in [3.8, 4) is 6.07 Å². The lowest BCUT2D eigenvalue weighted by molar-refractivity contribution is 0.622. The maximum atomic E-state index is 10.3. The molecule has 0 aliphatic rings. The molecule has 0 heterocycles. The monoisotopic (exact) mass is 223 g/mol. The molecule has 0 N–H and O–H groups in total. The molecule has 1 aromatic rings. The standard InChI is InChI=1S/C9H9N3O2S/c1-12(7-6-10)9-4-2-8(3-5-9)11-15(13)14/h2-5H,7H2,1H3. The quantitative estimate of drug-likeness (QED) is 0.725. The molecule has 1 aromatic carbocycles. The van der Waals surface area contributed by atoms with Crippen LogP contribution in [0.4, 0.5) is 11.4 Å². The minimum absolute atomic E-state index is 0.282. The number of nitrogens with zero attached hydrogens (tertiary/aromatic N) is 3. The summed E-state index contributed by atoms with van der Waals surface area (Å²) in [6.45, 7) is 0.282. The Hall–Kier alpha value is -1.87. The predicted molar refractivity (Wildman–Crippen MR) is 56.3 cm³/mol. The van der Waals surface area contributed by atoms with Gasteiger partial charge in [-0.25, -0.2) is 0 Å². The van der Waals surface area contributed by atoms with E-state index in [-0.39, 0.29) is 6.54 Å². The molecule has 0 spiro atoms. The Labute approximate surface area is 89.3 Å². The Morgan fingerprint density at radius 2 is 2.00 bits per heavy atom. The zero-order valence-electron chi connectivity index (χ0n) is 8.08. The Kier molecular flexibility index (Phi) is 3.83. The molecular formula is C9H9N3O2S. The predicted octanol–water partition coefficient (Wildman–Crippen LogP) is 1.34. The van der Waals surface area contributed by atoms with Crippen LogP contribution in [0.15, 0.2) is 28.6 Å². The largest absolute Gasteiger partial charge is 0.361 e. The molecule has 0 amide bonds. The summed E-state index contributed by atoms with van der Waals surface area (Å²) in [7, 11) is -0.649. The lowest BCUT2D eigenvalue weighted by Gasteiger charge is -2.14. The first kappa shape index (κ1) is 11.2. The molecule has 0 fully saturated rings. The van der Waals surface area contributed by atoms with Gasteiger partial charge < -0.3 is 4.90 Å². The van der Waals surface area contributed by atoms with Gasteiger partial charge in [0.25, 0.3) is 0 Å². The van der Waals surface area contributed by atoms with E-state index in [4.69, 9.17) is 5.26 Å². The molecule has 6 heteroatoms. The van der Waals surface area contributed by atoms with Gasteiger partial charge in [-0.15, -0.1) is 4.36 Å². The van der Waals surface area contributed by atoms with Crippen LogP contribution in [0.25, 0.3) is 0 Å². The van der Waals surface area contributed by atoms with Crippen molar-refractivity contribution >= 4 is 21.9 Å². The first-order valence-corrected chi connectivity index (χ1v) is 5.16. The van der Waals surface area contributed by atoms with E-state index >= 15 is 0 Å². The Morgan fingerprint density at radius 1 is 1.40 bits per heavy atom. The lowest BCUT2D eigenvalue weighted by Crippen LogP contribution is -2.16. The van der Waals surface area contributed by atoms with E-state index in [1.165, 1.54) is 0 Å². The molecule has 0 aromatic heterocycles. The van der Waals surface area contributed by atoms with Gasteiger partial charge in [0.2, 0.25) is 0 Å². The topological polar surface area (TPSA) is 73.5 Å². The third kappa shape index (κ3) is 3.40. The Balaban J connectivity index is 2.91. The van der Waals surface area contributed by atoms with Crippen molar-refractivity contribution in [3.05, 3.63) is 24.3 Å². The van der Waals surface area contributed by atoms with E-state index in [0.29, 0.717) is 5.69 Å². The van der Waals surface area contributed by atoms with E-state index in [1.807, 2.05) is 6.07 Å². The average molecular weight is 223 g/mol. The molecule has 0 aliphatic heterocycles. The molecule has 5 nitrogen and oxygen atoms in total. The van der Waals surface area contributed by atoms with Crippen molar-refractivity contribution in [2.75, 3.05) is 18.5 Å². The SMILES string of the molecule is CN(CC#N)c1ccc(N=S(=O)=O)cc1. The highest BCUT2D eigenvalue weighted by molar-refractivity contribution is 7.61. The number of anilines is 1. The van der Waals surface area contributed by atoms with E-state index in [9.17, 15) is 8.42 Å².